The van der Waals surface area contributed by atoms with Crippen LogP contribution in [0.25, 0.3) is 0 Å². The monoisotopic (exact) mass is 237 g/mol. The summed E-state index contributed by atoms with van der Waals surface area (Å²) in [7, 11) is 0. The molecular formula is C7H9BrClNO. The normalized spacial score (nSPS) is 8.91. The molecule has 3 N–H and O–H groups in total. The number of nitrogens with two attached hydrogens (primary N) is 1. The lowest BCUT2D eigenvalue weighted by Gasteiger charge is -1.98. The van der Waals surface area contributed by atoms with Crippen LogP contribution in [0.15, 0.2) is 18.2 Å². The average Bonchev–Trinajstić information content (AvgIpc) is 1.95. The number of hydrogen-bond donors (Lipinski definition) is 2. The molecule has 1 aromatic rings. The van der Waals surface area contributed by atoms with Gasteiger partial charge in [0.2, 0.25) is 0 Å². The quantitative estimate of drug-likeness (QED) is 0.787. The van der Waals surface area contributed by atoms with Crippen molar-refractivity contribution in [3.8, 4) is 5.75 Å². The van der Waals surface area contributed by atoms with Gasteiger partial charge >= 0.3 is 0 Å². The molecule has 0 radical (unpaired) electrons. The fourth-order valence-corrected chi connectivity index (χ4v) is 0.881. The zero-order valence-corrected chi connectivity index (χ0v) is 8.22. The van der Waals surface area contributed by atoms with E-state index in [2.05, 4.69) is 0 Å². The molecule has 0 fully saturated rings. The molecular weight excluding hydrogens is 229 g/mol. The zero-order valence-electron chi connectivity index (χ0n) is 5.75. The van der Waals surface area contributed by atoms with Crippen LogP contribution in [0.3, 0.4) is 0 Å². The van der Waals surface area contributed by atoms with Crippen LogP contribution in [-0.2, 0) is 6.54 Å². The van der Waals surface area contributed by atoms with E-state index in [1.807, 2.05) is 0 Å². The van der Waals surface area contributed by atoms with Crippen molar-refractivity contribution in [2.75, 3.05) is 0 Å². The van der Waals surface area contributed by atoms with E-state index in [0.29, 0.717) is 11.6 Å². The van der Waals surface area contributed by atoms with Gasteiger partial charge in [-0.1, -0.05) is 17.7 Å². The first-order valence-corrected chi connectivity index (χ1v) is 3.29. The van der Waals surface area contributed by atoms with Crippen molar-refractivity contribution >= 4 is 28.6 Å². The lowest BCUT2D eigenvalue weighted by atomic mass is 10.2. The molecule has 0 unspecified atom stereocenters. The maximum atomic E-state index is 8.97. The van der Waals surface area contributed by atoms with Gasteiger partial charge in [-0.05, 0) is 17.7 Å². The molecule has 0 saturated heterocycles. The number of phenols is 1. The molecule has 1 aromatic carbocycles. The second-order valence-electron chi connectivity index (χ2n) is 1.99. The summed E-state index contributed by atoms with van der Waals surface area (Å²) in [6, 6.07) is 4.92. The highest BCUT2D eigenvalue weighted by Gasteiger charge is 1.96. The van der Waals surface area contributed by atoms with Crippen LogP contribution in [0.2, 0.25) is 5.02 Å². The standard InChI is InChI=1S/C7H8ClNO.BrH/c8-6-3-5(4-9)1-2-7(6)10;/h1-3,10H,4,9H2;1H. The SMILES string of the molecule is Br.NCc1ccc(O)c(Cl)c1. The van der Waals surface area contributed by atoms with E-state index in [-0.39, 0.29) is 22.7 Å². The van der Waals surface area contributed by atoms with Crippen LogP contribution in [0.1, 0.15) is 5.56 Å². The summed E-state index contributed by atoms with van der Waals surface area (Å²) in [6.07, 6.45) is 0. The van der Waals surface area contributed by atoms with E-state index in [1.165, 1.54) is 6.07 Å². The molecule has 0 aliphatic carbocycles. The number of benzene rings is 1. The van der Waals surface area contributed by atoms with Crippen molar-refractivity contribution < 1.29 is 5.11 Å². The minimum absolute atomic E-state index is 0. The summed E-state index contributed by atoms with van der Waals surface area (Å²) >= 11 is 5.59. The Morgan fingerprint density at radius 2 is 2.09 bits per heavy atom. The van der Waals surface area contributed by atoms with E-state index < -0.39 is 0 Å². The fraction of sp³-hybridized carbons (Fsp3) is 0.143. The lowest BCUT2D eigenvalue weighted by Crippen LogP contribution is -1.94. The third kappa shape index (κ3) is 2.69. The minimum atomic E-state index is 0. The topological polar surface area (TPSA) is 46.2 Å². The van der Waals surface area contributed by atoms with Gasteiger partial charge in [-0.2, -0.15) is 0 Å². The number of rotatable bonds is 1. The molecule has 2 nitrogen and oxygen atoms in total. The number of aromatic hydroxyl groups is 1. The third-order valence-corrected chi connectivity index (χ3v) is 1.55. The van der Waals surface area contributed by atoms with Gasteiger partial charge < -0.3 is 10.8 Å². The van der Waals surface area contributed by atoms with Gasteiger partial charge in [-0.25, -0.2) is 0 Å². The summed E-state index contributed by atoms with van der Waals surface area (Å²) in [4.78, 5) is 0. The zero-order chi connectivity index (χ0) is 7.56. The van der Waals surface area contributed by atoms with Crippen LogP contribution < -0.4 is 5.73 Å². The van der Waals surface area contributed by atoms with Gasteiger partial charge in [-0.15, -0.1) is 17.0 Å². The van der Waals surface area contributed by atoms with Crippen molar-refractivity contribution in [3.63, 3.8) is 0 Å². The van der Waals surface area contributed by atoms with E-state index >= 15 is 0 Å². The summed E-state index contributed by atoms with van der Waals surface area (Å²) in [6.45, 7) is 0.444. The van der Waals surface area contributed by atoms with Crippen molar-refractivity contribution in [3.05, 3.63) is 28.8 Å². The Hall–Kier alpha value is -0.250. The third-order valence-electron chi connectivity index (χ3n) is 1.25. The summed E-state index contributed by atoms with van der Waals surface area (Å²) in [5.74, 6) is 0.0962. The Labute approximate surface area is 80.7 Å². The Bertz CT molecular complexity index is 242. The molecule has 0 saturated carbocycles. The summed E-state index contributed by atoms with van der Waals surface area (Å²) in [5.41, 5.74) is 6.25. The van der Waals surface area contributed by atoms with Crippen molar-refractivity contribution in [2.45, 2.75) is 6.54 Å². The van der Waals surface area contributed by atoms with E-state index in [0.717, 1.165) is 5.56 Å². The van der Waals surface area contributed by atoms with Crippen molar-refractivity contribution in [1.82, 2.24) is 0 Å². The molecule has 0 spiro atoms. The Morgan fingerprint density at radius 1 is 1.45 bits per heavy atom. The second kappa shape index (κ2) is 4.59. The molecule has 0 heterocycles. The summed E-state index contributed by atoms with van der Waals surface area (Å²) in [5, 5.41) is 9.32. The van der Waals surface area contributed by atoms with E-state index in [4.69, 9.17) is 22.4 Å². The molecule has 0 amide bonds. The highest BCUT2D eigenvalue weighted by Crippen LogP contribution is 2.23. The first-order valence-electron chi connectivity index (χ1n) is 2.91. The number of phenolic OH excluding ortho intramolecular Hbond substituents is 1. The lowest BCUT2D eigenvalue weighted by molar-refractivity contribution is 0.475. The first-order chi connectivity index (χ1) is 4.74. The second-order valence-corrected chi connectivity index (χ2v) is 2.40. The van der Waals surface area contributed by atoms with Crippen LogP contribution in [-0.4, -0.2) is 5.11 Å². The Kier molecular flexibility index (Phi) is 4.49. The van der Waals surface area contributed by atoms with Gasteiger partial charge in [0, 0.05) is 6.54 Å². The molecule has 0 aliphatic rings. The molecule has 62 valence electrons. The van der Waals surface area contributed by atoms with Crippen molar-refractivity contribution in [2.24, 2.45) is 5.73 Å². The number of halogens is 2. The molecule has 11 heavy (non-hydrogen) atoms. The van der Waals surface area contributed by atoms with E-state index in [1.54, 1.807) is 12.1 Å². The largest absolute Gasteiger partial charge is 0.506 e. The van der Waals surface area contributed by atoms with Crippen LogP contribution in [0, 0.1) is 0 Å². The average molecular weight is 239 g/mol. The maximum Gasteiger partial charge on any atom is 0.134 e. The van der Waals surface area contributed by atoms with Crippen LogP contribution in [0.4, 0.5) is 0 Å². The van der Waals surface area contributed by atoms with Crippen molar-refractivity contribution in [1.29, 1.82) is 0 Å². The Balaban J connectivity index is 0.000001000. The van der Waals surface area contributed by atoms with Gasteiger partial charge in [0.1, 0.15) is 5.75 Å². The van der Waals surface area contributed by atoms with Gasteiger partial charge in [0.25, 0.3) is 0 Å². The Morgan fingerprint density at radius 3 is 2.55 bits per heavy atom. The van der Waals surface area contributed by atoms with Gasteiger partial charge in [0.05, 0.1) is 5.02 Å². The molecule has 0 aromatic heterocycles. The highest BCUT2D eigenvalue weighted by atomic mass is 79.9. The molecule has 0 bridgehead atoms. The van der Waals surface area contributed by atoms with Crippen LogP contribution in [0.5, 0.6) is 5.75 Å². The van der Waals surface area contributed by atoms with Gasteiger partial charge in [-0.3, -0.25) is 0 Å². The molecule has 1 rings (SSSR count). The maximum absolute atomic E-state index is 8.97. The first kappa shape index (κ1) is 10.8. The molecule has 0 atom stereocenters. The minimum Gasteiger partial charge on any atom is -0.506 e. The van der Waals surface area contributed by atoms with E-state index in [9.17, 15) is 0 Å². The number of hydrogen-bond acceptors (Lipinski definition) is 2. The summed E-state index contributed by atoms with van der Waals surface area (Å²) < 4.78 is 0. The van der Waals surface area contributed by atoms with Crippen LogP contribution >= 0.6 is 28.6 Å². The molecule has 4 heteroatoms. The molecule has 0 aliphatic heterocycles. The highest BCUT2D eigenvalue weighted by molar-refractivity contribution is 8.93. The predicted octanol–water partition coefficient (Wildman–Crippen LogP) is 2.08. The fourth-order valence-electron chi connectivity index (χ4n) is 0.677. The predicted molar refractivity (Wildman–Crippen MR) is 51.3 cm³/mol. The smallest absolute Gasteiger partial charge is 0.134 e. The van der Waals surface area contributed by atoms with Gasteiger partial charge in [0.15, 0.2) is 0 Å².